The van der Waals surface area contributed by atoms with Gasteiger partial charge in [-0.05, 0) is 23.3 Å². The predicted molar refractivity (Wildman–Crippen MR) is 113 cm³/mol. The maximum absolute atomic E-state index is 12.4. The molecule has 0 unspecified atom stereocenters. The van der Waals surface area contributed by atoms with Crippen LogP contribution in [0.25, 0.3) is 22.2 Å². The summed E-state index contributed by atoms with van der Waals surface area (Å²) in [7, 11) is 0. The Morgan fingerprint density at radius 2 is 1.79 bits per heavy atom. The number of hydrogen-bond acceptors (Lipinski definition) is 4. The van der Waals surface area contributed by atoms with E-state index in [1.807, 2.05) is 55.5 Å². The first-order chi connectivity index (χ1) is 13.7. The molecular weight excluding hydrogens is 368 g/mol. The average molecular weight is 388 g/mol. The summed E-state index contributed by atoms with van der Waals surface area (Å²) >= 11 is 1.32. The van der Waals surface area contributed by atoms with E-state index in [2.05, 4.69) is 44.8 Å². The van der Waals surface area contributed by atoms with E-state index in [0.29, 0.717) is 11.0 Å². The summed E-state index contributed by atoms with van der Waals surface area (Å²) in [5.41, 5.74) is 2.08. The van der Waals surface area contributed by atoms with Crippen LogP contribution < -0.4 is 5.32 Å². The Balaban J connectivity index is 1.37. The molecule has 0 aliphatic heterocycles. The minimum Gasteiger partial charge on any atom is -0.349 e. The fourth-order valence-corrected chi connectivity index (χ4v) is 3.76. The highest BCUT2D eigenvalue weighted by atomic mass is 32.2. The molecule has 4 rings (SSSR count). The van der Waals surface area contributed by atoms with E-state index >= 15 is 0 Å². The van der Waals surface area contributed by atoms with Crippen LogP contribution in [0.15, 0.2) is 78.0 Å². The van der Waals surface area contributed by atoms with Gasteiger partial charge in [0.2, 0.25) is 11.1 Å². The van der Waals surface area contributed by atoms with Crippen LogP contribution in [-0.4, -0.2) is 26.8 Å². The van der Waals surface area contributed by atoms with E-state index in [-0.39, 0.29) is 17.7 Å². The molecule has 1 aromatic heterocycles. The van der Waals surface area contributed by atoms with Crippen molar-refractivity contribution in [3.63, 3.8) is 0 Å². The van der Waals surface area contributed by atoms with Crippen LogP contribution in [0.2, 0.25) is 0 Å². The van der Waals surface area contributed by atoms with Crippen molar-refractivity contribution >= 4 is 28.4 Å². The first-order valence-corrected chi connectivity index (χ1v) is 10.1. The molecule has 0 bridgehead atoms. The van der Waals surface area contributed by atoms with Crippen molar-refractivity contribution in [1.29, 1.82) is 0 Å². The van der Waals surface area contributed by atoms with Crippen LogP contribution in [0.3, 0.4) is 0 Å². The SMILES string of the molecule is C[C@@H](NC(=O)CSc1n[nH]c(-c2ccccc2)n1)c1cccc2ccccc12. The average Bonchev–Trinajstić information content (AvgIpc) is 3.21. The standard InChI is InChI=1S/C22H20N4OS/c1-15(18-13-7-11-16-8-5-6-12-19(16)18)23-20(27)14-28-22-24-21(25-26-22)17-9-3-2-4-10-17/h2-13,15H,14H2,1H3,(H,23,27)(H,24,25,26)/t15-/m1/s1. The van der Waals surface area contributed by atoms with Crippen molar-refractivity contribution in [2.24, 2.45) is 0 Å². The highest BCUT2D eigenvalue weighted by Gasteiger charge is 2.14. The van der Waals surface area contributed by atoms with Crippen LogP contribution in [0.4, 0.5) is 0 Å². The molecule has 0 radical (unpaired) electrons. The molecule has 2 N–H and O–H groups in total. The highest BCUT2D eigenvalue weighted by Crippen LogP contribution is 2.24. The molecule has 0 saturated heterocycles. The summed E-state index contributed by atoms with van der Waals surface area (Å²) in [6, 6.07) is 24.1. The predicted octanol–water partition coefficient (Wildman–Crippen LogP) is 4.59. The zero-order chi connectivity index (χ0) is 19.3. The molecule has 1 atom stereocenters. The van der Waals surface area contributed by atoms with Gasteiger partial charge in [0.1, 0.15) is 0 Å². The first kappa shape index (κ1) is 18.3. The van der Waals surface area contributed by atoms with Crippen molar-refractivity contribution in [1.82, 2.24) is 20.5 Å². The number of benzene rings is 3. The van der Waals surface area contributed by atoms with Crippen LogP contribution in [-0.2, 0) is 4.79 Å². The van der Waals surface area contributed by atoms with Gasteiger partial charge in [-0.3, -0.25) is 9.89 Å². The van der Waals surface area contributed by atoms with Gasteiger partial charge in [-0.15, -0.1) is 5.10 Å². The van der Waals surface area contributed by atoms with Crippen molar-refractivity contribution < 1.29 is 4.79 Å². The van der Waals surface area contributed by atoms with Crippen LogP contribution >= 0.6 is 11.8 Å². The summed E-state index contributed by atoms with van der Waals surface area (Å²) in [6.45, 7) is 2.00. The third-order valence-corrected chi connectivity index (χ3v) is 5.36. The normalized spacial score (nSPS) is 12.0. The maximum atomic E-state index is 12.4. The van der Waals surface area contributed by atoms with Crippen molar-refractivity contribution in [3.05, 3.63) is 78.4 Å². The van der Waals surface area contributed by atoms with Gasteiger partial charge in [-0.25, -0.2) is 4.98 Å². The molecule has 0 aliphatic carbocycles. The van der Waals surface area contributed by atoms with E-state index in [1.165, 1.54) is 17.1 Å². The van der Waals surface area contributed by atoms with Crippen molar-refractivity contribution in [2.45, 2.75) is 18.1 Å². The number of rotatable bonds is 6. The van der Waals surface area contributed by atoms with Gasteiger partial charge in [-0.1, -0.05) is 84.6 Å². The molecular formula is C22H20N4OS. The van der Waals surface area contributed by atoms with Crippen LogP contribution in [0.5, 0.6) is 0 Å². The van der Waals surface area contributed by atoms with Gasteiger partial charge in [0.25, 0.3) is 0 Å². The van der Waals surface area contributed by atoms with Crippen LogP contribution in [0, 0.1) is 0 Å². The second-order valence-electron chi connectivity index (χ2n) is 6.48. The number of carbonyl (C=O) groups excluding carboxylic acids is 1. The molecule has 0 spiro atoms. The number of aromatic nitrogens is 3. The Morgan fingerprint density at radius 3 is 2.64 bits per heavy atom. The third kappa shape index (κ3) is 4.07. The second kappa shape index (κ2) is 8.27. The fourth-order valence-electron chi connectivity index (χ4n) is 3.16. The quantitative estimate of drug-likeness (QED) is 0.474. The van der Waals surface area contributed by atoms with Crippen molar-refractivity contribution in [2.75, 3.05) is 5.75 Å². The Morgan fingerprint density at radius 1 is 1.04 bits per heavy atom. The smallest absolute Gasteiger partial charge is 0.230 e. The molecule has 1 heterocycles. The first-order valence-electron chi connectivity index (χ1n) is 9.08. The van der Waals surface area contributed by atoms with Crippen LogP contribution in [0.1, 0.15) is 18.5 Å². The summed E-state index contributed by atoms with van der Waals surface area (Å²) in [5.74, 6) is 0.922. The Kier molecular flexibility index (Phi) is 5.39. The van der Waals surface area contributed by atoms with Gasteiger partial charge in [-0.2, -0.15) is 0 Å². The molecule has 140 valence electrons. The number of aromatic amines is 1. The maximum Gasteiger partial charge on any atom is 0.230 e. The molecule has 28 heavy (non-hydrogen) atoms. The number of nitrogens with one attached hydrogen (secondary N) is 2. The zero-order valence-corrected chi connectivity index (χ0v) is 16.2. The van der Waals surface area contributed by atoms with E-state index in [0.717, 1.165) is 16.5 Å². The van der Waals surface area contributed by atoms with Gasteiger partial charge in [0.05, 0.1) is 11.8 Å². The molecule has 6 heteroatoms. The van der Waals surface area contributed by atoms with Gasteiger partial charge in [0, 0.05) is 5.56 Å². The highest BCUT2D eigenvalue weighted by molar-refractivity contribution is 7.99. The molecule has 4 aromatic rings. The van der Waals surface area contributed by atoms with E-state index in [1.54, 1.807) is 0 Å². The number of fused-ring (bicyclic) bond motifs is 1. The minimum atomic E-state index is -0.0776. The van der Waals surface area contributed by atoms with Gasteiger partial charge in [0.15, 0.2) is 5.82 Å². The molecule has 0 fully saturated rings. The molecule has 0 aliphatic rings. The zero-order valence-electron chi connectivity index (χ0n) is 15.4. The molecule has 1 amide bonds. The monoisotopic (exact) mass is 388 g/mol. The fraction of sp³-hybridized carbons (Fsp3) is 0.136. The van der Waals surface area contributed by atoms with E-state index < -0.39 is 0 Å². The number of amides is 1. The minimum absolute atomic E-state index is 0.0449. The van der Waals surface area contributed by atoms with Crippen molar-refractivity contribution in [3.8, 4) is 11.4 Å². The lowest BCUT2D eigenvalue weighted by Crippen LogP contribution is -2.28. The summed E-state index contributed by atoms with van der Waals surface area (Å²) < 4.78 is 0. The summed E-state index contributed by atoms with van der Waals surface area (Å²) in [5, 5.41) is 13.1. The number of carbonyl (C=O) groups is 1. The Labute approximate surface area is 167 Å². The number of nitrogens with zero attached hydrogens (tertiary/aromatic N) is 2. The molecule has 0 saturated carbocycles. The number of thioether (sulfide) groups is 1. The largest absolute Gasteiger partial charge is 0.349 e. The topological polar surface area (TPSA) is 70.7 Å². The summed E-state index contributed by atoms with van der Waals surface area (Å²) in [4.78, 5) is 16.9. The van der Waals surface area contributed by atoms with Gasteiger partial charge < -0.3 is 5.32 Å². The third-order valence-electron chi connectivity index (χ3n) is 4.51. The number of hydrogen-bond donors (Lipinski definition) is 2. The van der Waals surface area contributed by atoms with E-state index in [9.17, 15) is 4.79 Å². The summed E-state index contributed by atoms with van der Waals surface area (Å²) in [6.07, 6.45) is 0. The van der Waals surface area contributed by atoms with Gasteiger partial charge >= 0.3 is 0 Å². The Hall–Kier alpha value is -3.12. The lowest BCUT2D eigenvalue weighted by molar-refractivity contribution is -0.119. The lowest BCUT2D eigenvalue weighted by Gasteiger charge is -2.16. The lowest BCUT2D eigenvalue weighted by atomic mass is 10.00. The molecule has 5 nitrogen and oxygen atoms in total. The molecule has 3 aromatic carbocycles. The van der Waals surface area contributed by atoms with E-state index in [4.69, 9.17) is 0 Å². The Bertz CT molecular complexity index is 1090. The number of H-pyrrole nitrogens is 1. The second-order valence-corrected chi connectivity index (χ2v) is 7.42.